The van der Waals surface area contributed by atoms with Crippen molar-refractivity contribution in [2.75, 3.05) is 24.3 Å². The van der Waals surface area contributed by atoms with Crippen molar-refractivity contribution in [3.05, 3.63) is 18.3 Å². The second kappa shape index (κ2) is 5.87. The lowest BCUT2D eigenvalue weighted by molar-refractivity contribution is 0.101. The van der Waals surface area contributed by atoms with Gasteiger partial charge in [-0.15, -0.1) is 0 Å². The van der Waals surface area contributed by atoms with Gasteiger partial charge in [0.2, 0.25) is 0 Å². The molecule has 0 aromatic carbocycles. The van der Waals surface area contributed by atoms with E-state index in [1.165, 1.54) is 12.8 Å². The summed E-state index contributed by atoms with van der Waals surface area (Å²) in [5.74, 6) is 0.921. The van der Waals surface area contributed by atoms with Gasteiger partial charge in [-0.2, -0.15) is 0 Å². The fourth-order valence-corrected chi connectivity index (χ4v) is 2.39. The maximum atomic E-state index is 5.48. The lowest BCUT2D eigenvalue weighted by Crippen LogP contribution is -2.29. The minimum Gasteiger partial charge on any atom is -0.380 e. The van der Waals surface area contributed by atoms with Crippen molar-refractivity contribution < 1.29 is 4.74 Å². The number of rotatable bonds is 5. The quantitative estimate of drug-likeness (QED) is 0.823. The number of hydrogen-bond donors (Lipinski definition) is 2. The fraction of sp³-hybridized carbons (Fsp3) is 0.615. The second-order valence-corrected chi connectivity index (χ2v) is 4.42. The van der Waals surface area contributed by atoms with Gasteiger partial charge in [-0.3, -0.25) is 0 Å². The highest BCUT2D eigenvalue weighted by Gasteiger charge is 2.26. The molecule has 1 aromatic heterocycles. The normalized spacial score (nSPS) is 23.6. The van der Waals surface area contributed by atoms with E-state index in [1.807, 2.05) is 12.3 Å². The summed E-state index contributed by atoms with van der Waals surface area (Å²) in [6.45, 7) is 2.96. The lowest BCUT2D eigenvalue weighted by atomic mass is 10.2. The van der Waals surface area contributed by atoms with Crippen LogP contribution in [0.2, 0.25) is 0 Å². The van der Waals surface area contributed by atoms with Crippen molar-refractivity contribution >= 4 is 11.5 Å². The number of aromatic nitrogens is 1. The van der Waals surface area contributed by atoms with Crippen molar-refractivity contribution in [2.45, 2.75) is 38.3 Å². The van der Waals surface area contributed by atoms with E-state index < -0.39 is 0 Å². The van der Waals surface area contributed by atoms with Crippen molar-refractivity contribution in [1.82, 2.24) is 4.98 Å². The number of methoxy groups -OCH3 is 1. The van der Waals surface area contributed by atoms with Gasteiger partial charge in [0.1, 0.15) is 5.82 Å². The van der Waals surface area contributed by atoms with E-state index in [0.29, 0.717) is 12.1 Å². The molecule has 4 nitrogen and oxygen atoms in total. The number of nitrogens with one attached hydrogen (secondary N) is 2. The highest BCUT2D eigenvalue weighted by molar-refractivity contribution is 5.52. The summed E-state index contributed by atoms with van der Waals surface area (Å²) < 4.78 is 5.48. The zero-order valence-electron chi connectivity index (χ0n) is 10.6. The first kappa shape index (κ1) is 12.2. The van der Waals surface area contributed by atoms with Crippen LogP contribution in [0, 0.1) is 0 Å². The van der Waals surface area contributed by atoms with Crippen LogP contribution in [0.15, 0.2) is 18.3 Å². The summed E-state index contributed by atoms with van der Waals surface area (Å²) >= 11 is 0. The smallest absolute Gasteiger partial charge is 0.127 e. The molecule has 1 aliphatic carbocycles. The number of hydrogen-bond acceptors (Lipinski definition) is 4. The van der Waals surface area contributed by atoms with Gasteiger partial charge in [0, 0.05) is 31.6 Å². The van der Waals surface area contributed by atoms with Gasteiger partial charge in [-0.1, -0.05) is 0 Å². The van der Waals surface area contributed by atoms with Crippen LogP contribution in [-0.4, -0.2) is 30.8 Å². The predicted molar refractivity (Wildman–Crippen MR) is 70.5 cm³/mol. The molecule has 0 radical (unpaired) electrons. The molecular weight excluding hydrogens is 214 g/mol. The molecule has 1 fully saturated rings. The van der Waals surface area contributed by atoms with Crippen LogP contribution in [-0.2, 0) is 4.74 Å². The third-order valence-electron chi connectivity index (χ3n) is 3.23. The molecule has 0 saturated heterocycles. The number of pyridine rings is 1. The molecular formula is C13H21N3O. The van der Waals surface area contributed by atoms with Crippen LogP contribution in [0.5, 0.6) is 0 Å². The van der Waals surface area contributed by atoms with Crippen LogP contribution < -0.4 is 10.6 Å². The maximum Gasteiger partial charge on any atom is 0.127 e. The molecule has 2 rings (SSSR count). The number of ether oxygens (including phenoxy) is 1. The molecule has 4 heteroatoms. The summed E-state index contributed by atoms with van der Waals surface area (Å²) in [5, 5.41) is 6.75. The van der Waals surface area contributed by atoms with Crippen molar-refractivity contribution in [1.29, 1.82) is 0 Å². The first-order valence-corrected chi connectivity index (χ1v) is 6.32. The summed E-state index contributed by atoms with van der Waals surface area (Å²) in [6, 6.07) is 4.48. The Morgan fingerprint density at radius 1 is 1.47 bits per heavy atom. The zero-order valence-corrected chi connectivity index (χ0v) is 10.6. The van der Waals surface area contributed by atoms with Crippen molar-refractivity contribution in [3.63, 3.8) is 0 Å². The van der Waals surface area contributed by atoms with Crippen LogP contribution >= 0.6 is 0 Å². The average molecular weight is 235 g/mol. The van der Waals surface area contributed by atoms with Gasteiger partial charge >= 0.3 is 0 Å². The third-order valence-corrected chi connectivity index (χ3v) is 3.23. The summed E-state index contributed by atoms with van der Waals surface area (Å²) in [4.78, 5) is 4.26. The number of anilines is 2. The molecule has 2 unspecified atom stereocenters. The molecule has 1 saturated carbocycles. The van der Waals surface area contributed by atoms with Crippen molar-refractivity contribution in [2.24, 2.45) is 0 Å². The molecule has 2 atom stereocenters. The molecule has 0 amide bonds. The zero-order chi connectivity index (χ0) is 12.1. The van der Waals surface area contributed by atoms with Crippen LogP contribution in [0.1, 0.15) is 26.2 Å². The molecule has 94 valence electrons. The lowest BCUT2D eigenvalue weighted by Gasteiger charge is -2.21. The molecule has 0 bridgehead atoms. The molecule has 1 aliphatic rings. The second-order valence-electron chi connectivity index (χ2n) is 4.42. The van der Waals surface area contributed by atoms with Gasteiger partial charge in [0.15, 0.2) is 0 Å². The Balaban J connectivity index is 2.00. The molecule has 2 N–H and O–H groups in total. The van der Waals surface area contributed by atoms with Crippen molar-refractivity contribution in [3.8, 4) is 0 Å². The van der Waals surface area contributed by atoms with Crippen LogP contribution in [0.25, 0.3) is 0 Å². The van der Waals surface area contributed by atoms with E-state index in [2.05, 4.69) is 28.6 Å². The number of nitrogens with zero attached hydrogens (tertiary/aromatic N) is 1. The van der Waals surface area contributed by atoms with Gasteiger partial charge < -0.3 is 15.4 Å². The summed E-state index contributed by atoms with van der Waals surface area (Å²) in [5.41, 5.74) is 1.12. The summed E-state index contributed by atoms with van der Waals surface area (Å²) in [7, 11) is 1.79. The van der Waals surface area contributed by atoms with Gasteiger partial charge in [-0.05, 0) is 32.3 Å². The molecule has 1 heterocycles. The Bertz CT molecular complexity index is 356. The Kier molecular flexibility index (Phi) is 4.20. The Labute approximate surface area is 103 Å². The monoisotopic (exact) mass is 235 g/mol. The topological polar surface area (TPSA) is 46.2 Å². The van der Waals surface area contributed by atoms with E-state index in [9.17, 15) is 0 Å². The third kappa shape index (κ3) is 3.09. The molecule has 17 heavy (non-hydrogen) atoms. The largest absolute Gasteiger partial charge is 0.380 e. The van der Waals surface area contributed by atoms with E-state index in [-0.39, 0.29) is 0 Å². The van der Waals surface area contributed by atoms with E-state index in [1.54, 1.807) is 7.11 Å². The maximum absolute atomic E-state index is 5.48. The molecule has 0 spiro atoms. The van der Waals surface area contributed by atoms with Crippen LogP contribution in [0.3, 0.4) is 0 Å². The van der Waals surface area contributed by atoms with Gasteiger partial charge in [0.05, 0.1) is 12.1 Å². The van der Waals surface area contributed by atoms with Gasteiger partial charge in [-0.25, -0.2) is 4.98 Å². The molecule has 1 aromatic rings. The Morgan fingerprint density at radius 3 is 3.12 bits per heavy atom. The molecule has 0 aliphatic heterocycles. The van der Waals surface area contributed by atoms with Gasteiger partial charge in [0.25, 0.3) is 0 Å². The van der Waals surface area contributed by atoms with E-state index in [0.717, 1.165) is 24.5 Å². The highest BCUT2D eigenvalue weighted by Crippen LogP contribution is 2.25. The minimum atomic E-state index is 0.339. The van der Waals surface area contributed by atoms with E-state index in [4.69, 9.17) is 4.74 Å². The average Bonchev–Trinajstić information content (AvgIpc) is 2.77. The predicted octanol–water partition coefficient (Wildman–Crippen LogP) is 2.49. The Morgan fingerprint density at radius 2 is 2.35 bits per heavy atom. The standard InChI is InChI=1S/C13H21N3O/c1-3-14-13-9-10(7-8-15-13)16-11-5-4-6-12(11)17-2/h7-9,11-12H,3-6H2,1-2H3,(H2,14,15,16). The first-order valence-electron chi connectivity index (χ1n) is 6.32. The fourth-order valence-electron chi connectivity index (χ4n) is 2.39. The highest BCUT2D eigenvalue weighted by atomic mass is 16.5. The summed E-state index contributed by atoms with van der Waals surface area (Å²) in [6.07, 6.45) is 5.74. The van der Waals surface area contributed by atoms with E-state index >= 15 is 0 Å². The van der Waals surface area contributed by atoms with Crippen LogP contribution in [0.4, 0.5) is 11.5 Å². The SMILES string of the molecule is CCNc1cc(NC2CCCC2OC)ccn1. The first-order chi connectivity index (χ1) is 8.33. The Hall–Kier alpha value is -1.29. The minimum absolute atomic E-state index is 0.339.